The highest BCUT2D eigenvalue weighted by molar-refractivity contribution is 5.44. The summed E-state index contributed by atoms with van der Waals surface area (Å²) in [5.41, 5.74) is 3.06. The summed E-state index contributed by atoms with van der Waals surface area (Å²) in [5.74, 6) is 1.26. The second kappa shape index (κ2) is 5.32. The lowest BCUT2D eigenvalue weighted by atomic mass is 9.96. The van der Waals surface area contributed by atoms with E-state index in [0.29, 0.717) is 5.92 Å². The standard InChI is InChI=1S/C13H21NO2/c1-8(2)10-7-11(13(15)14-4)9(3)6-12(10)16-5/h6-8,13-15H,1-5H3. The average Bonchev–Trinajstić information content (AvgIpc) is 2.27. The van der Waals surface area contributed by atoms with E-state index in [1.54, 1.807) is 14.2 Å². The van der Waals surface area contributed by atoms with Crippen LogP contribution in [0.15, 0.2) is 12.1 Å². The molecule has 16 heavy (non-hydrogen) atoms. The number of ether oxygens (including phenoxy) is 1. The molecular weight excluding hydrogens is 202 g/mol. The van der Waals surface area contributed by atoms with Crippen LogP contribution in [0.5, 0.6) is 5.75 Å². The number of rotatable bonds is 4. The molecule has 0 bridgehead atoms. The molecule has 0 aliphatic heterocycles. The highest BCUT2D eigenvalue weighted by atomic mass is 16.5. The van der Waals surface area contributed by atoms with Crippen molar-refractivity contribution in [3.05, 3.63) is 28.8 Å². The van der Waals surface area contributed by atoms with Crippen molar-refractivity contribution >= 4 is 0 Å². The fraction of sp³-hybridized carbons (Fsp3) is 0.538. The van der Waals surface area contributed by atoms with Crippen molar-refractivity contribution in [1.82, 2.24) is 5.32 Å². The molecule has 0 aromatic heterocycles. The van der Waals surface area contributed by atoms with Gasteiger partial charge in [0, 0.05) is 0 Å². The minimum absolute atomic E-state index is 0.373. The first-order valence-corrected chi connectivity index (χ1v) is 5.55. The van der Waals surface area contributed by atoms with Gasteiger partial charge < -0.3 is 9.84 Å². The van der Waals surface area contributed by atoms with Crippen LogP contribution in [-0.2, 0) is 0 Å². The summed E-state index contributed by atoms with van der Waals surface area (Å²) in [7, 11) is 3.41. The molecular formula is C13H21NO2. The van der Waals surface area contributed by atoms with Gasteiger partial charge in [0.15, 0.2) is 0 Å². The summed E-state index contributed by atoms with van der Waals surface area (Å²) in [6, 6.07) is 3.99. The Morgan fingerprint density at radius 3 is 2.31 bits per heavy atom. The van der Waals surface area contributed by atoms with Crippen molar-refractivity contribution in [2.24, 2.45) is 0 Å². The SMILES string of the molecule is CNC(O)c1cc(C(C)C)c(OC)cc1C. The maximum absolute atomic E-state index is 9.83. The van der Waals surface area contributed by atoms with Crippen LogP contribution in [0.3, 0.4) is 0 Å². The van der Waals surface area contributed by atoms with Crippen LogP contribution in [0.1, 0.15) is 42.7 Å². The smallest absolute Gasteiger partial charge is 0.131 e. The van der Waals surface area contributed by atoms with Crippen molar-refractivity contribution in [3.63, 3.8) is 0 Å². The quantitative estimate of drug-likeness (QED) is 0.770. The fourth-order valence-electron chi connectivity index (χ4n) is 1.79. The minimum atomic E-state index is -0.622. The Morgan fingerprint density at radius 2 is 1.88 bits per heavy atom. The van der Waals surface area contributed by atoms with E-state index < -0.39 is 6.23 Å². The molecule has 0 heterocycles. The zero-order chi connectivity index (χ0) is 12.3. The lowest BCUT2D eigenvalue weighted by molar-refractivity contribution is 0.148. The van der Waals surface area contributed by atoms with Crippen molar-refractivity contribution in [3.8, 4) is 5.75 Å². The third kappa shape index (κ3) is 2.54. The van der Waals surface area contributed by atoms with E-state index in [-0.39, 0.29) is 0 Å². The van der Waals surface area contributed by atoms with E-state index >= 15 is 0 Å². The van der Waals surface area contributed by atoms with Crippen molar-refractivity contribution in [2.45, 2.75) is 32.9 Å². The summed E-state index contributed by atoms with van der Waals surface area (Å²) < 4.78 is 5.35. The van der Waals surface area contributed by atoms with Gasteiger partial charge in [-0.2, -0.15) is 0 Å². The lowest BCUT2D eigenvalue weighted by Gasteiger charge is -2.18. The molecule has 0 aliphatic rings. The van der Waals surface area contributed by atoms with E-state index in [1.807, 2.05) is 19.1 Å². The van der Waals surface area contributed by atoms with Crippen molar-refractivity contribution in [2.75, 3.05) is 14.2 Å². The number of hydrogen-bond acceptors (Lipinski definition) is 3. The summed E-state index contributed by atoms with van der Waals surface area (Å²) in [6.45, 7) is 6.20. The Morgan fingerprint density at radius 1 is 1.25 bits per heavy atom. The Kier molecular flexibility index (Phi) is 4.33. The number of aryl methyl sites for hydroxylation is 1. The Hall–Kier alpha value is -1.06. The summed E-state index contributed by atoms with van der Waals surface area (Å²) in [6.07, 6.45) is -0.622. The normalized spacial score (nSPS) is 12.9. The number of benzene rings is 1. The second-order valence-electron chi connectivity index (χ2n) is 4.30. The molecule has 1 atom stereocenters. The number of methoxy groups -OCH3 is 1. The van der Waals surface area contributed by atoms with Gasteiger partial charge in [-0.1, -0.05) is 13.8 Å². The van der Waals surface area contributed by atoms with Gasteiger partial charge >= 0.3 is 0 Å². The molecule has 0 aliphatic carbocycles. The Labute approximate surface area is 97.4 Å². The van der Waals surface area contributed by atoms with Gasteiger partial charge in [-0.15, -0.1) is 0 Å². The maximum atomic E-state index is 9.83. The molecule has 90 valence electrons. The Bertz CT molecular complexity index is 361. The fourth-order valence-corrected chi connectivity index (χ4v) is 1.79. The molecule has 3 heteroatoms. The molecule has 0 saturated heterocycles. The van der Waals surface area contributed by atoms with Gasteiger partial charge in [0.1, 0.15) is 12.0 Å². The van der Waals surface area contributed by atoms with Gasteiger partial charge in [-0.25, -0.2) is 0 Å². The van der Waals surface area contributed by atoms with Crippen LogP contribution < -0.4 is 10.1 Å². The van der Waals surface area contributed by atoms with E-state index in [9.17, 15) is 5.11 Å². The largest absolute Gasteiger partial charge is 0.496 e. The highest BCUT2D eigenvalue weighted by Crippen LogP contribution is 2.31. The van der Waals surface area contributed by atoms with E-state index in [0.717, 1.165) is 22.4 Å². The summed E-state index contributed by atoms with van der Waals surface area (Å²) >= 11 is 0. The van der Waals surface area contributed by atoms with Gasteiger partial charge in [-0.3, -0.25) is 5.32 Å². The van der Waals surface area contributed by atoms with E-state index in [4.69, 9.17) is 4.74 Å². The molecule has 0 spiro atoms. The molecule has 0 saturated carbocycles. The summed E-state index contributed by atoms with van der Waals surface area (Å²) in [4.78, 5) is 0. The van der Waals surface area contributed by atoms with Crippen LogP contribution in [0, 0.1) is 6.92 Å². The second-order valence-corrected chi connectivity index (χ2v) is 4.30. The lowest BCUT2D eigenvalue weighted by Crippen LogP contribution is -2.17. The molecule has 0 radical (unpaired) electrons. The first-order chi connectivity index (χ1) is 7.51. The van der Waals surface area contributed by atoms with E-state index in [1.165, 1.54) is 0 Å². The molecule has 0 amide bonds. The first-order valence-electron chi connectivity index (χ1n) is 5.55. The van der Waals surface area contributed by atoms with Crippen LogP contribution in [-0.4, -0.2) is 19.3 Å². The molecule has 0 fully saturated rings. The highest BCUT2D eigenvalue weighted by Gasteiger charge is 2.14. The van der Waals surface area contributed by atoms with E-state index in [2.05, 4.69) is 19.2 Å². The van der Waals surface area contributed by atoms with Crippen molar-refractivity contribution < 1.29 is 9.84 Å². The average molecular weight is 223 g/mol. The van der Waals surface area contributed by atoms with Crippen LogP contribution >= 0.6 is 0 Å². The van der Waals surface area contributed by atoms with Gasteiger partial charge in [-0.05, 0) is 48.7 Å². The molecule has 1 unspecified atom stereocenters. The predicted octanol–water partition coefficient (Wildman–Crippen LogP) is 2.34. The number of aliphatic hydroxyl groups is 1. The topological polar surface area (TPSA) is 41.5 Å². The van der Waals surface area contributed by atoms with Crippen LogP contribution in [0.4, 0.5) is 0 Å². The van der Waals surface area contributed by atoms with Gasteiger partial charge in [0.25, 0.3) is 0 Å². The molecule has 1 rings (SSSR count). The number of aliphatic hydroxyl groups excluding tert-OH is 1. The predicted molar refractivity (Wildman–Crippen MR) is 65.8 cm³/mol. The van der Waals surface area contributed by atoms with Gasteiger partial charge in [0.05, 0.1) is 7.11 Å². The third-order valence-corrected chi connectivity index (χ3v) is 2.81. The minimum Gasteiger partial charge on any atom is -0.496 e. The molecule has 1 aromatic carbocycles. The molecule has 3 nitrogen and oxygen atoms in total. The number of nitrogens with one attached hydrogen (secondary N) is 1. The zero-order valence-corrected chi connectivity index (χ0v) is 10.7. The van der Waals surface area contributed by atoms with Crippen LogP contribution in [0.25, 0.3) is 0 Å². The Balaban J connectivity index is 3.27. The summed E-state index contributed by atoms with van der Waals surface area (Å²) in [5, 5.41) is 12.7. The van der Waals surface area contributed by atoms with Crippen LogP contribution in [0.2, 0.25) is 0 Å². The monoisotopic (exact) mass is 223 g/mol. The van der Waals surface area contributed by atoms with Gasteiger partial charge in [0.2, 0.25) is 0 Å². The molecule has 1 aromatic rings. The number of hydrogen-bond donors (Lipinski definition) is 2. The van der Waals surface area contributed by atoms with Crippen molar-refractivity contribution in [1.29, 1.82) is 0 Å². The third-order valence-electron chi connectivity index (χ3n) is 2.81. The maximum Gasteiger partial charge on any atom is 0.131 e. The molecule has 2 N–H and O–H groups in total. The zero-order valence-electron chi connectivity index (χ0n) is 10.7. The first kappa shape index (κ1) is 13.0.